The van der Waals surface area contributed by atoms with Gasteiger partial charge in [0.25, 0.3) is 15.9 Å². The van der Waals surface area contributed by atoms with Gasteiger partial charge in [-0.25, -0.2) is 8.42 Å². The number of ether oxygens (including phenoxy) is 3. The van der Waals surface area contributed by atoms with Crippen molar-refractivity contribution in [3.8, 4) is 23.0 Å². The number of nitrogens with one attached hydrogen (secondary N) is 2. The molecule has 0 fully saturated rings. The number of benzene rings is 4. The summed E-state index contributed by atoms with van der Waals surface area (Å²) < 4.78 is 45.2. The highest BCUT2D eigenvalue weighted by atomic mass is 35.5. The predicted molar refractivity (Wildman–Crippen MR) is 156 cm³/mol. The van der Waals surface area contributed by atoms with Crippen LogP contribution in [-0.4, -0.2) is 28.5 Å². The number of para-hydroxylation sites is 1. The zero-order valence-corrected chi connectivity index (χ0v) is 24.1. The molecule has 4 aromatic carbocycles. The summed E-state index contributed by atoms with van der Waals surface area (Å²) in [6, 6.07) is 21.9. The molecule has 0 unspecified atom stereocenters. The number of carbonyl (C=O) groups is 1. The van der Waals surface area contributed by atoms with Crippen molar-refractivity contribution in [2.45, 2.75) is 17.9 Å². The molecule has 0 saturated carbocycles. The van der Waals surface area contributed by atoms with Crippen LogP contribution in [-0.2, 0) is 10.0 Å². The van der Waals surface area contributed by atoms with E-state index in [4.69, 9.17) is 37.4 Å². The highest BCUT2D eigenvalue weighted by Gasteiger charge is 2.21. The predicted octanol–water partition coefficient (Wildman–Crippen LogP) is 7.09. The van der Waals surface area contributed by atoms with Gasteiger partial charge in [-0.15, -0.1) is 0 Å². The summed E-state index contributed by atoms with van der Waals surface area (Å²) >= 11 is 12.3. The van der Waals surface area contributed by atoms with Gasteiger partial charge in [-0.1, -0.05) is 41.4 Å². The summed E-state index contributed by atoms with van der Waals surface area (Å²) in [5.74, 6) is 1.39. The van der Waals surface area contributed by atoms with Gasteiger partial charge in [0.05, 0.1) is 41.4 Å². The Balaban J connectivity index is 1.52. The van der Waals surface area contributed by atoms with Crippen molar-refractivity contribution >= 4 is 44.8 Å². The molecule has 0 radical (unpaired) electrons. The fraction of sp³-hybridized carbons (Fsp3) is 0.138. The van der Waals surface area contributed by atoms with Crippen molar-refractivity contribution in [1.29, 1.82) is 0 Å². The number of sulfonamides is 1. The van der Waals surface area contributed by atoms with E-state index in [1.54, 1.807) is 49.4 Å². The van der Waals surface area contributed by atoms with E-state index in [0.29, 0.717) is 28.0 Å². The van der Waals surface area contributed by atoms with Crippen molar-refractivity contribution in [3.63, 3.8) is 0 Å². The first-order valence-corrected chi connectivity index (χ1v) is 14.2. The minimum atomic E-state index is -4.06. The Morgan fingerprint density at radius 2 is 1.52 bits per heavy atom. The standard InChI is InChI=1S/C29H26Cl2N2O6S/c1-18(19-8-15-27(37-2)28(16-19)38-3)32-29(34)23-17-20(30)9-14-25(23)33-40(35,36)22-12-10-21(11-13-22)39-26-7-5-4-6-24(26)31/h4-18,33H,1-3H3,(H,32,34)/t18-/m1/s1. The second-order valence-corrected chi connectivity index (χ2v) is 11.1. The molecular formula is C29H26Cl2N2O6S. The zero-order valence-electron chi connectivity index (χ0n) is 21.8. The largest absolute Gasteiger partial charge is 0.493 e. The lowest BCUT2D eigenvalue weighted by Gasteiger charge is -2.18. The monoisotopic (exact) mass is 600 g/mol. The summed E-state index contributed by atoms with van der Waals surface area (Å²) in [5.41, 5.74) is 0.883. The van der Waals surface area contributed by atoms with Crippen molar-refractivity contribution in [3.05, 3.63) is 106 Å². The van der Waals surface area contributed by atoms with Crippen LogP contribution in [0.4, 0.5) is 5.69 Å². The van der Waals surface area contributed by atoms with Gasteiger partial charge in [0, 0.05) is 5.02 Å². The third kappa shape index (κ3) is 6.80. The molecule has 0 aliphatic carbocycles. The average Bonchev–Trinajstić information content (AvgIpc) is 2.95. The summed E-state index contributed by atoms with van der Waals surface area (Å²) in [7, 11) is -1.00. The summed E-state index contributed by atoms with van der Waals surface area (Å²) in [6.45, 7) is 1.79. The van der Waals surface area contributed by atoms with Crippen LogP contribution >= 0.6 is 23.2 Å². The fourth-order valence-corrected chi connectivity index (χ4v) is 5.24. The Hall–Kier alpha value is -3.92. The normalized spacial score (nSPS) is 11.8. The van der Waals surface area contributed by atoms with E-state index in [1.165, 1.54) is 56.7 Å². The van der Waals surface area contributed by atoms with Gasteiger partial charge >= 0.3 is 0 Å². The Kier molecular flexibility index (Phi) is 9.09. The molecule has 0 saturated heterocycles. The van der Waals surface area contributed by atoms with Crippen molar-refractivity contribution in [1.82, 2.24) is 5.32 Å². The second-order valence-electron chi connectivity index (χ2n) is 8.61. The molecular weight excluding hydrogens is 575 g/mol. The average molecular weight is 602 g/mol. The van der Waals surface area contributed by atoms with Crippen molar-refractivity contribution in [2.24, 2.45) is 0 Å². The molecule has 40 heavy (non-hydrogen) atoms. The highest BCUT2D eigenvalue weighted by Crippen LogP contribution is 2.32. The molecule has 1 amide bonds. The van der Waals surface area contributed by atoms with E-state index in [9.17, 15) is 13.2 Å². The van der Waals surface area contributed by atoms with E-state index in [-0.39, 0.29) is 21.2 Å². The van der Waals surface area contributed by atoms with Gasteiger partial charge in [-0.05, 0) is 79.2 Å². The number of hydrogen-bond acceptors (Lipinski definition) is 6. The number of amides is 1. The van der Waals surface area contributed by atoms with Crippen LogP contribution in [0.25, 0.3) is 0 Å². The van der Waals surface area contributed by atoms with E-state index >= 15 is 0 Å². The summed E-state index contributed by atoms with van der Waals surface area (Å²) in [4.78, 5) is 13.2. The third-order valence-corrected chi connectivity index (χ3v) is 7.85. The van der Waals surface area contributed by atoms with Gasteiger partial charge in [0.15, 0.2) is 11.5 Å². The maximum absolute atomic E-state index is 13.3. The summed E-state index contributed by atoms with van der Waals surface area (Å²) in [6.07, 6.45) is 0. The summed E-state index contributed by atoms with van der Waals surface area (Å²) in [5, 5.41) is 3.57. The number of halogens is 2. The first kappa shape index (κ1) is 29.1. The van der Waals surface area contributed by atoms with E-state index < -0.39 is 22.0 Å². The van der Waals surface area contributed by atoms with E-state index in [2.05, 4.69) is 10.0 Å². The maximum Gasteiger partial charge on any atom is 0.261 e. The minimum absolute atomic E-state index is 0.0287. The number of carbonyl (C=O) groups excluding carboxylic acids is 1. The van der Waals surface area contributed by atoms with Crippen molar-refractivity contribution < 1.29 is 27.4 Å². The van der Waals surface area contributed by atoms with Crippen LogP contribution in [0, 0.1) is 0 Å². The first-order chi connectivity index (χ1) is 19.1. The van der Waals surface area contributed by atoms with Gasteiger partial charge in [-0.2, -0.15) is 0 Å². The van der Waals surface area contributed by atoms with Gasteiger partial charge < -0.3 is 19.5 Å². The Labute approximate surface area is 242 Å². The minimum Gasteiger partial charge on any atom is -0.493 e. The number of rotatable bonds is 10. The lowest BCUT2D eigenvalue weighted by molar-refractivity contribution is 0.0940. The van der Waals surface area contributed by atoms with Gasteiger partial charge in [-0.3, -0.25) is 9.52 Å². The molecule has 0 heterocycles. The molecule has 0 aliphatic rings. The van der Waals surface area contributed by atoms with Crippen LogP contribution in [0.3, 0.4) is 0 Å². The van der Waals surface area contributed by atoms with Gasteiger partial charge in [0.1, 0.15) is 11.5 Å². The molecule has 0 aromatic heterocycles. The van der Waals surface area contributed by atoms with Gasteiger partial charge in [0.2, 0.25) is 0 Å². The Bertz CT molecular complexity index is 1630. The molecule has 2 N–H and O–H groups in total. The van der Waals surface area contributed by atoms with Crippen LogP contribution < -0.4 is 24.2 Å². The molecule has 4 rings (SSSR count). The third-order valence-electron chi connectivity index (χ3n) is 5.92. The quantitative estimate of drug-likeness (QED) is 0.201. The number of hydrogen-bond donors (Lipinski definition) is 2. The number of methoxy groups -OCH3 is 2. The lowest BCUT2D eigenvalue weighted by atomic mass is 10.1. The molecule has 0 spiro atoms. The zero-order chi connectivity index (χ0) is 28.9. The maximum atomic E-state index is 13.3. The Morgan fingerprint density at radius 1 is 0.825 bits per heavy atom. The smallest absolute Gasteiger partial charge is 0.261 e. The lowest BCUT2D eigenvalue weighted by Crippen LogP contribution is -2.28. The van der Waals surface area contributed by atoms with Crippen LogP contribution in [0.15, 0.2) is 89.8 Å². The molecule has 8 nitrogen and oxygen atoms in total. The van der Waals surface area contributed by atoms with E-state index in [0.717, 1.165) is 5.56 Å². The molecule has 0 aliphatic heterocycles. The molecule has 1 atom stereocenters. The van der Waals surface area contributed by atoms with Crippen LogP contribution in [0.1, 0.15) is 28.9 Å². The Morgan fingerprint density at radius 3 is 2.20 bits per heavy atom. The topological polar surface area (TPSA) is 103 Å². The van der Waals surface area contributed by atoms with E-state index in [1.807, 2.05) is 0 Å². The fourth-order valence-electron chi connectivity index (χ4n) is 3.82. The molecule has 4 aromatic rings. The SMILES string of the molecule is COc1ccc([C@@H](C)NC(=O)c2cc(Cl)ccc2NS(=O)(=O)c2ccc(Oc3ccccc3Cl)cc2)cc1OC. The molecule has 11 heteroatoms. The highest BCUT2D eigenvalue weighted by molar-refractivity contribution is 7.92. The van der Waals surface area contributed by atoms with Crippen LogP contribution in [0.5, 0.6) is 23.0 Å². The molecule has 0 bridgehead atoms. The van der Waals surface area contributed by atoms with Crippen LogP contribution in [0.2, 0.25) is 10.0 Å². The van der Waals surface area contributed by atoms with Crippen molar-refractivity contribution in [2.75, 3.05) is 18.9 Å². The number of anilines is 1. The second kappa shape index (κ2) is 12.5. The first-order valence-electron chi connectivity index (χ1n) is 12.0. The molecule has 208 valence electrons.